The molecule has 0 bridgehead atoms. The van der Waals surface area contributed by atoms with Crippen molar-refractivity contribution in [1.29, 1.82) is 0 Å². The van der Waals surface area contributed by atoms with Gasteiger partial charge in [0, 0.05) is 22.6 Å². The lowest BCUT2D eigenvalue weighted by Gasteiger charge is -2.19. The second kappa shape index (κ2) is 9.72. The smallest absolute Gasteiger partial charge is 0.390 e. The van der Waals surface area contributed by atoms with Crippen LogP contribution < -0.4 is 10.5 Å². The van der Waals surface area contributed by atoms with E-state index in [1.54, 1.807) is 6.07 Å². The zero-order valence-corrected chi connectivity index (χ0v) is 19.9. The summed E-state index contributed by atoms with van der Waals surface area (Å²) >= 11 is 6.19. The first-order chi connectivity index (χ1) is 16.3. The van der Waals surface area contributed by atoms with Crippen molar-refractivity contribution in [2.24, 2.45) is 11.1 Å². The molecule has 1 aromatic carbocycles. The van der Waals surface area contributed by atoms with Crippen LogP contribution in [0.25, 0.3) is 16.9 Å². The van der Waals surface area contributed by atoms with E-state index >= 15 is 0 Å². The molecular formula is C19H19ClF3N5O5S2. The number of halogens is 4. The van der Waals surface area contributed by atoms with Gasteiger partial charge in [-0.2, -0.15) is 31.2 Å². The number of nitrogens with zero attached hydrogens (tertiary/aromatic N) is 3. The van der Waals surface area contributed by atoms with Gasteiger partial charge in [0.2, 0.25) is 0 Å². The molecule has 1 saturated carbocycles. The molecule has 0 radical (unpaired) electrons. The zero-order chi connectivity index (χ0) is 25.5. The van der Waals surface area contributed by atoms with Gasteiger partial charge in [0.15, 0.2) is 5.65 Å². The number of nitrogens with one attached hydrogen (secondary N) is 1. The van der Waals surface area contributed by atoms with E-state index in [1.165, 1.54) is 35.0 Å². The lowest BCUT2D eigenvalue weighted by molar-refractivity contribution is -0.0328. The summed E-state index contributed by atoms with van der Waals surface area (Å²) in [5.74, 6) is -0.392. The quantitative estimate of drug-likeness (QED) is 0.323. The number of hydrogen-bond donors (Lipinski definition) is 4. The minimum Gasteiger partial charge on any atom is -0.390 e. The van der Waals surface area contributed by atoms with Gasteiger partial charge in [-0.15, -0.1) is 0 Å². The van der Waals surface area contributed by atoms with Gasteiger partial charge in [0.05, 0.1) is 18.8 Å². The predicted molar refractivity (Wildman–Crippen MR) is 122 cm³/mol. The number of nitrogens with two attached hydrogens (primary N) is 1. The summed E-state index contributed by atoms with van der Waals surface area (Å²) in [6.07, 6.45) is -0.990. The maximum Gasteiger partial charge on any atom is 0.446 e. The summed E-state index contributed by atoms with van der Waals surface area (Å²) in [5, 5.41) is 33.1. The summed E-state index contributed by atoms with van der Waals surface area (Å²) in [6, 6.07) is 6.46. The van der Waals surface area contributed by atoms with Gasteiger partial charge in [0.25, 0.3) is 0 Å². The molecule has 1 aliphatic carbocycles. The second-order valence-electron chi connectivity index (χ2n) is 7.81. The topological polar surface area (TPSA) is 152 Å². The third-order valence-electron chi connectivity index (χ3n) is 5.38. The fraction of sp³-hybridized carbons (Fsp3) is 0.368. The molecule has 1 aliphatic rings. The van der Waals surface area contributed by atoms with Crippen molar-refractivity contribution in [3.8, 4) is 11.3 Å². The van der Waals surface area contributed by atoms with Gasteiger partial charge in [0.1, 0.15) is 22.6 Å². The van der Waals surface area contributed by atoms with E-state index in [-0.39, 0.29) is 39.4 Å². The third-order valence-corrected chi connectivity index (χ3v) is 6.92. The minimum atomic E-state index is -4.45. The van der Waals surface area contributed by atoms with Crippen LogP contribution in [0.2, 0.25) is 5.02 Å². The molecule has 0 saturated heterocycles. The number of aliphatic hydroxyl groups is 2. The first-order valence-electron chi connectivity index (χ1n) is 10.0. The Labute approximate surface area is 206 Å². The molecule has 10 nitrogen and oxygen atoms in total. The van der Waals surface area contributed by atoms with Crippen LogP contribution in [-0.2, 0) is 14.5 Å². The minimum absolute atomic E-state index is 0.0368. The molecular weight excluding hydrogens is 535 g/mol. The number of rotatable bonds is 7. The van der Waals surface area contributed by atoms with E-state index < -0.39 is 46.6 Å². The van der Waals surface area contributed by atoms with Crippen molar-refractivity contribution < 1.29 is 36.0 Å². The molecule has 2 heterocycles. The van der Waals surface area contributed by atoms with Crippen molar-refractivity contribution in [3.63, 3.8) is 0 Å². The van der Waals surface area contributed by atoms with Crippen molar-refractivity contribution in [2.75, 3.05) is 11.9 Å². The fourth-order valence-corrected chi connectivity index (χ4v) is 5.10. The number of anilines is 1. The van der Waals surface area contributed by atoms with Crippen molar-refractivity contribution in [3.05, 3.63) is 41.6 Å². The first-order valence-corrected chi connectivity index (χ1v) is 12.7. The van der Waals surface area contributed by atoms with Gasteiger partial charge in [-0.1, -0.05) is 23.7 Å². The van der Waals surface area contributed by atoms with E-state index in [0.29, 0.717) is 11.4 Å². The number of aliphatic hydroxyl groups excluding tert-OH is 2. The second-order valence-corrected chi connectivity index (χ2v) is 10.5. The third kappa shape index (κ3) is 5.99. The molecule has 0 amide bonds. The Morgan fingerprint density at radius 1 is 1.29 bits per heavy atom. The molecule has 1 fully saturated rings. The summed E-state index contributed by atoms with van der Waals surface area (Å²) < 4.78 is 66.3. The number of alkyl halides is 3. The zero-order valence-electron chi connectivity index (χ0n) is 17.6. The van der Waals surface area contributed by atoms with E-state index in [0.717, 1.165) is 0 Å². The molecule has 190 valence electrons. The fourth-order valence-electron chi connectivity index (χ4n) is 3.86. The highest BCUT2D eigenvalue weighted by atomic mass is 35.5. The summed E-state index contributed by atoms with van der Waals surface area (Å²) in [4.78, 5) is 4.14. The molecule has 16 heteroatoms. The largest absolute Gasteiger partial charge is 0.446 e. The van der Waals surface area contributed by atoms with Gasteiger partial charge >= 0.3 is 15.8 Å². The summed E-state index contributed by atoms with van der Waals surface area (Å²) in [5.41, 5.74) is -3.70. The van der Waals surface area contributed by atoms with E-state index in [9.17, 15) is 31.8 Å². The Kier molecular flexibility index (Phi) is 7.21. The van der Waals surface area contributed by atoms with Crippen LogP contribution in [0.4, 0.5) is 19.0 Å². The highest BCUT2D eigenvalue weighted by Crippen LogP contribution is 2.39. The maximum atomic E-state index is 12.8. The van der Waals surface area contributed by atoms with E-state index in [2.05, 4.69) is 19.6 Å². The highest BCUT2D eigenvalue weighted by molar-refractivity contribution is 8.00. The number of aromatic nitrogens is 3. The Hall–Kier alpha value is -2.14. The summed E-state index contributed by atoms with van der Waals surface area (Å²) in [7, 11) is -4.21. The maximum absolute atomic E-state index is 12.8. The van der Waals surface area contributed by atoms with Crippen LogP contribution in [0.1, 0.15) is 6.42 Å². The number of fused-ring (bicyclic) bond motifs is 1. The van der Waals surface area contributed by atoms with Gasteiger partial charge in [-0.25, -0.2) is 10.1 Å². The average molecular weight is 554 g/mol. The SMILES string of the molecule is NS(=O)(=O)OC[C@H]1C[C@@H](Nc2ccnc3c(Cl)c(-c4cccc(SC(F)(F)F)c4)nn23)[C@H](O)[C@@H]1O. The summed E-state index contributed by atoms with van der Waals surface area (Å²) in [6.45, 7) is -0.412. The van der Waals surface area contributed by atoms with Gasteiger partial charge in [-0.3, -0.25) is 4.18 Å². The van der Waals surface area contributed by atoms with Crippen LogP contribution in [0.3, 0.4) is 0 Å². The normalized spacial score (nSPS) is 23.2. The molecule has 0 spiro atoms. The first kappa shape index (κ1) is 25.9. The molecule has 4 atom stereocenters. The Balaban J connectivity index is 1.61. The van der Waals surface area contributed by atoms with E-state index in [4.69, 9.17) is 16.7 Å². The van der Waals surface area contributed by atoms with Crippen molar-refractivity contribution in [2.45, 2.75) is 35.1 Å². The molecule has 5 N–H and O–H groups in total. The molecule has 2 aromatic heterocycles. The lowest BCUT2D eigenvalue weighted by atomic mass is 10.1. The van der Waals surface area contributed by atoms with Gasteiger partial charge < -0.3 is 15.5 Å². The van der Waals surface area contributed by atoms with Gasteiger partial charge in [-0.05, 0) is 36.4 Å². The van der Waals surface area contributed by atoms with Crippen LogP contribution in [-0.4, -0.2) is 63.6 Å². The van der Waals surface area contributed by atoms with Crippen LogP contribution in [0.15, 0.2) is 41.4 Å². The highest BCUT2D eigenvalue weighted by Gasteiger charge is 2.42. The monoisotopic (exact) mass is 553 g/mol. The van der Waals surface area contributed by atoms with Crippen LogP contribution in [0, 0.1) is 5.92 Å². The molecule has 4 rings (SSSR count). The molecule has 35 heavy (non-hydrogen) atoms. The number of hydrogen-bond acceptors (Lipinski definition) is 9. The average Bonchev–Trinajstić information content (AvgIpc) is 3.23. The number of benzene rings is 1. The molecule has 3 aromatic rings. The standard InChI is InChI=1S/C19H19ClF3N5O5S2/c20-14-15(9-2-1-3-11(6-9)34-19(21,22)23)27-28-13(4-5-25-18(14)28)26-12-7-10(16(29)17(12)30)8-33-35(24,31)32/h1-6,10,12,16-17,26,29-30H,7-8H2,(H2,24,31,32)/t10-,12-,16-,17+/m1/s1. The molecule has 0 unspecified atom stereocenters. The number of thioether (sulfide) groups is 1. The predicted octanol–water partition coefficient (Wildman–Crippen LogP) is 2.40. The van der Waals surface area contributed by atoms with E-state index in [1.807, 2.05) is 0 Å². The Morgan fingerprint density at radius 2 is 2.03 bits per heavy atom. The van der Waals surface area contributed by atoms with Crippen molar-refractivity contribution >= 4 is 45.1 Å². The Bertz CT molecular complexity index is 1340. The van der Waals surface area contributed by atoms with Crippen LogP contribution in [0.5, 0.6) is 0 Å². The van der Waals surface area contributed by atoms with Crippen molar-refractivity contribution in [1.82, 2.24) is 14.6 Å². The molecule has 0 aliphatic heterocycles. The lowest BCUT2D eigenvalue weighted by Crippen LogP contribution is -2.36. The van der Waals surface area contributed by atoms with Crippen LogP contribution >= 0.6 is 23.4 Å². The Morgan fingerprint density at radius 3 is 2.71 bits per heavy atom.